The Bertz CT molecular complexity index is 591. The van der Waals surface area contributed by atoms with Gasteiger partial charge in [-0.3, -0.25) is 0 Å². The molecule has 0 fully saturated rings. The molecule has 20 heavy (non-hydrogen) atoms. The van der Waals surface area contributed by atoms with Gasteiger partial charge in [-0.1, -0.05) is 15.9 Å². The van der Waals surface area contributed by atoms with Crippen LogP contribution in [-0.4, -0.2) is 23.7 Å². The molecular weight excluding hydrogens is 392 g/mol. The molecule has 0 unspecified atom stereocenters. The zero-order valence-electron chi connectivity index (χ0n) is 10.6. The highest BCUT2D eigenvalue weighted by molar-refractivity contribution is 9.11. The summed E-state index contributed by atoms with van der Waals surface area (Å²) in [6.07, 6.45) is 0.539. The van der Waals surface area contributed by atoms with E-state index in [1.165, 1.54) is 6.07 Å². The van der Waals surface area contributed by atoms with Gasteiger partial charge >= 0.3 is 12.0 Å². The SMILES string of the molecule is CC#CCCNC(=O)Nc1c(Br)cc(Br)cc1C(=O)O. The van der Waals surface area contributed by atoms with E-state index in [2.05, 4.69) is 54.3 Å². The molecule has 0 aromatic heterocycles. The minimum absolute atomic E-state index is 0.00486. The summed E-state index contributed by atoms with van der Waals surface area (Å²) in [6.45, 7) is 2.11. The van der Waals surface area contributed by atoms with Crippen LogP contribution in [0.5, 0.6) is 0 Å². The van der Waals surface area contributed by atoms with Crippen molar-refractivity contribution in [2.75, 3.05) is 11.9 Å². The Morgan fingerprint density at radius 3 is 2.65 bits per heavy atom. The minimum atomic E-state index is -1.13. The molecule has 0 saturated carbocycles. The molecule has 0 aliphatic heterocycles. The maximum Gasteiger partial charge on any atom is 0.337 e. The number of aromatic carboxylic acids is 1. The summed E-state index contributed by atoms with van der Waals surface area (Å²) in [5.41, 5.74) is 0.203. The normalized spacial score (nSPS) is 9.35. The van der Waals surface area contributed by atoms with Crippen LogP contribution in [0.1, 0.15) is 23.7 Å². The molecule has 0 aliphatic rings. The predicted octanol–water partition coefficient (Wildman–Crippen LogP) is 3.44. The number of carbonyl (C=O) groups excluding carboxylic acids is 1. The lowest BCUT2D eigenvalue weighted by Crippen LogP contribution is -2.30. The topological polar surface area (TPSA) is 78.4 Å². The lowest BCUT2D eigenvalue weighted by Gasteiger charge is -2.12. The van der Waals surface area contributed by atoms with Crippen molar-refractivity contribution in [1.82, 2.24) is 5.32 Å². The number of nitrogens with one attached hydrogen (secondary N) is 2. The summed E-state index contributed by atoms with van der Waals surface area (Å²) in [4.78, 5) is 22.9. The molecule has 0 heterocycles. The zero-order valence-corrected chi connectivity index (χ0v) is 13.8. The number of benzene rings is 1. The van der Waals surface area contributed by atoms with Crippen LogP contribution >= 0.6 is 31.9 Å². The van der Waals surface area contributed by atoms with E-state index in [9.17, 15) is 9.59 Å². The van der Waals surface area contributed by atoms with Gasteiger partial charge in [0.05, 0.1) is 11.3 Å². The molecule has 0 spiro atoms. The Morgan fingerprint density at radius 1 is 1.35 bits per heavy atom. The fourth-order valence-electron chi connectivity index (χ4n) is 1.39. The molecule has 106 valence electrons. The third-order valence-corrected chi connectivity index (χ3v) is 3.32. The van der Waals surface area contributed by atoms with E-state index < -0.39 is 12.0 Å². The van der Waals surface area contributed by atoms with Crippen LogP contribution in [0.25, 0.3) is 0 Å². The third kappa shape index (κ3) is 4.87. The molecule has 3 N–H and O–H groups in total. The number of anilines is 1. The Labute approximate surface area is 133 Å². The molecule has 0 saturated heterocycles. The van der Waals surface area contributed by atoms with Gasteiger partial charge in [0.15, 0.2) is 0 Å². The summed E-state index contributed by atoms with van der Waals surface area (Å²) >= 11 is 6.43. The minimum Gasteiger partial charge on any atom is -0.478 e. The summed E-state index contributed by atoms with van der Waals surface area (Å²) in [5.74, 6) is 4.41. The average molecular weight is 404 g/mol. The summed E-state index contributed by atoms with van der Waals surface area (Å²) in [6, 6.07) is 2.60. The van der Waals surface area contributed by atoms with E-state index >= 15 is 0 Å². The van der Waals surface area contributed by atoms with E-state index in [1.54, 1.807) is 13.0 Å². The lowest BCUT2D eigenvalue weighted by atomic mass is 10.2. The quantitative estimate of drug-likeness (QED) is 0.532. The van der Waals surface area contributed by atoms with Gasteiger partial charge in [-0.15, -0.1) is 11.8 Å². The van der Waals surface area contributed by atoms with Crippen molar-refractivity contribution < 1.29 is 14.7 Å². The van der Waals surface area contributed by atoms with Gasteiger partial charge in [0.1, 0.15) is 0 Å². The van der Waals surface area contributed by atoms with Gasteiger partial charge in [0.2, 0.25) is 0 Å². The highest BCUT2D eigenvalue weighted by Crippen LogP contribution is 2.30. The Balaban J connectivity index is 2.82. The van der Waals surface area contributed by atoms with Crippen molar-refractivity contribution in [2.24, 2.45) is 0 Å². The van der Waals surface area contributed by atoms with Crippen molar-refractivity contribution in [2.45, 2.75) is 13.3 Å². The molecule has 0 radical (unpaired) electrons. The summed E-state index contributed by atoms with van der Waals surface area (Å²) in [7, 11) is 0. The Hall–Kier alpha value is -1.52. The number of carboxylic acid groups (broad SMARTS) is 1. The van der Waals surface area contributed by atoms with E-state index in [0.29, 0.717) is 21.9 Å². The molecule has 1 rings (SSSR count). The standard InChI is InChI=1S/C13H12Br2N2O3/c1-2-3-4-5-16-13(20)17-11-9(12(18)19)6-8(14)7-10(11)15/h6-7H,4-5H2,1H3,(H,18,19)(H2,16,17,20). The second-order valence-corrected chi connectivity index (χ2v) is 5.44. The van der Waals surface area contributed by atoms with Crippen LogP contribution in [0.3, 0.4) is 0 Å². The molecule has 0 atom stereocenters. The van der Waals surface area contributed by atoms with Gasteiger partial charge in [-0.2, -0.15) is 0 Å². The molecule has 0 bridgehead atoms. The van der Waals surface area contributed by atoms with Gasteiger partial charge in [0, 0.05) is 21.9 Å². The second-order valence-electron chi connectivity index (χ2n) is 3.67. The first kappa shape index (κ1) is 16.5. The Kier molecular flexibility index (Phi) is 6.55. The number of urea groups is 1. The van der Waals surface area contributed by atoms with Crippen molar-refractivity contribution in [1.29, 1.82) is 0 Å². The van der Waals surface area contributed by atoms with Crippen LogP contribution in [0.15, 0.2) is 21.1 Å². The largest absolute Gasteiger partial charge is 0.478 e. The van der Waals surface area contributed by atoms with E-state index in [1.807, 2.05) is 0 Å². The number of hydrogen-bond donors (Lipinski definition) is 3. The molecule has 0 aliphatic carbocycles. The number of hydrogen-bond acceptors (Lipinski definition) is 2. The first-order valence-corrected chi connectivity index (χ1v) is 7.21. The average Bonchev–Trinajstić information content (AvgIpc) is 2.37. The van der Waals surface area contributed by atoms with Crippen LogP contribution in [-0.2, 0) is 0 Å². The number of rotatable bonds is 4. The van der Waals surface area contributed by atoms with Gasteiger partial charge in [-0.05, 0) is 35.0 Å². The first-order chi connectivity index (χ1) is 9.45. The van der Waals surface area contributed by atoms with Crippen LogP contribution < -0.4 is 10.6 Å². The monoisotopic (exact) mass is 402 g/mol. The molecule has 5 nitrogen and oxygen atoms in total. The Morgan fingerprint density at radius 2 is 2.05 bits per heavy atom. The van der Waals surface area contributed by atoms with Crippen LogP contribution in [0.4, 0.5) is 10.5 Å². The van der Waals surface area contributed by atoms with Crippen molar-refractivity contribution in [3.63, 3.8) is 0 Å². The van der Waals surface area contributed by atoms with Crippen molar-refractivity contribution >= 4 is 49.5 Å². The smallest absolute Gasteiger partial charge is 0.337 e. The van der Waals surface area contributed by atoms with Gasteiger partial charge < -0.3 is 15.7 Å². The fraction of sp³-hybridized carbons (Fsp3) is 0.231. The molecule has 1 aromatic rings. The number of amides is 2. The molecule has 7 heteroatoms. The molecule has 1 aromatic carbocycles. The van der Waals surface area contributed by atoms with E-state index in [0.717, 1.165) is 0 Å². The highest BCUT2D eigenvalue weighted by Gasteiger charge is 2.16. The van der Waals surface area contributed by atoms with Crippen molar-refractivity contribution in [3.05, 3.63) is 26.6 Å². The maximum atomic E-state index is 11.7. The zero-order chi connectivity index (χ0) is 15.1. The van der Waals surface area contributed by atoms with Gasteiger partial charge in [0.25, 0.3) is 0 Å². The summed E-state index contributed by atoms with van der Waals surface area (Å²) < 4.78 is 1.08. The van der Waals surface area contributed by atoms with Gasteiger partial charge in [-0.25, -0.2) is 9.59 Å². The number of carbonyl (C=O) groups is 2. The second kappa shape index (κ2) is 7.92. The van der Waals surface area contributed by atoms with Crippen molar-refractivity contribution in [3.8, 4) is 11.8 Å². The predicted molar refractivity (Wildman–Crippen MR) is 83.9 cm³/mol. The highest BCUT2D eigenvalue weighted by atomic mass is 79.9. The maximum absolute atomic E-state index is 11.7. The fourth-order valence-corrected chi connectivity index (χ4v) is 2.71. The summed E-state index contributed by atoms with van der Waals surface area (Å²) in [5, 5.41) is 14.3. The molecular formula is C13H12Br2N2O3. The van der Waals surface area contributed by atoms with E-state index in [4.69, 9.17) is 5.11 Å². The van der Waals surface area contributed by atoms with Crippen LogP contribution in [0.2, 0.25) is 0 Å². The molecule has 2 amide bonds. The first-order valence-electron chi connectivity index (χ1n) is 5.62. The van der Waals surface area contributed by atoms with Crippen LogP contribution in [0, 0.1) is 11.8 Å². The lowest BCUT2D eigenvalue weighted by molar-refractivity contribution is 0.0698. The third-order valence-electron chi connectivity index (χ3n) is 2.24. The number of halogens is 2. The number of carboxylic acids is 1. The van der Waals surface area contributed by atoms with E-state index in [-0.39, 0.29) is 11.3 Å².